The van der Waals surface area contributed by atoms with E-state index in [0.717, 1.165) is 17.7 Å². The topological polar surface area (TPSA) is 58.6 Å². The molecule has 4 nitrogen and oxygen atoms in total. The van der Waals surface area contributed by atoms with Crippen molar-refractivity contribution in [1.29, 1.82) is 0 Å². The van der Waals surface area contributed by atoms with E-state index in [1.807, 2.05) is 12.1 Å². The summed E-state index contributed by atoms with van der Waals surface area (Å²) >= 11 is 0. The van der Waals surface area contributed by atoms with Crippen molar-refractivity contribution in [3.63, 3.8) is 0 Å². The van der Waals surface area contributed by atoms with Crippen molar-refractivity contribution in [2.75, 3.05) is 20.3 Å². The fourth-order valence-corrected chi connectivity index (χ4v) is 1.64. The molecule has 94 valence electrons. The zero-order valence-electron chi connectivity index (χ0n) is 10.3. The van der Waals surface area contributed by atoms with Gasteiger partial charge in [0.05, 0.1) is 7.11 Å². The fourth-order valence-electron chi connectivity index (χ4n) is 1.64. The van der Waals surface area contributed by atoms with Gasteiger partial charge in [-0.15, -0.1) is 0 Å². The molecule has 0 spiro atoms. The lowest BCUT2D eigenvalue weighted by atomic mass is 10.1. The summed E-state index contributed by atoms with van der Waals surface area (Å²) in [4.78, 5) is 10.9. The lowest BCUT2D eigenvalue weighted by molar-refractivity contribution is -0.123. The molecule has 1 aromatic carbocycles. The highest BCUT2D eigenvalue weighted by Gasteiger charge is 2.05. The summed E-state index contributed by atoms with van der Waals surface area (Å²) in [6, 6.07) is 6.07. The summed E-state index contributed by atoms with van der Waals surface area (Å²) in [7, 11) is 1.64. The van der Waals surface area contributed by atoms with Crippen LogP contribution < -0.4 is 10.1 Å². The first-order chi connectivity index (χ1) is 8.21. The highest BCUT2D eigenvalue weighted by atomic mass is 16.5. The van der Waals surface area contributed by atoms with Gasteiger partial charge in [-0.25, -0.2) is 0 Å². The van der Waals surface area contributed by atoms with Gasteiger partial charge in [0.15, 0.2) is 0 Å². The van der Waals surface area contributed by atoms with Crippen LogP contribution in [0.5, 0.6) is 5.75 Å². The first-order valence-corrected chi connectivity index (χ1v) is 5.74. The summed E-state index contributed by atoms with van der Waals surface area (Å²) in [5.74, 6) is 0.482. The molecule has 1 rings (SSSR count). The van der Waals surface area contributed by atoms with Gasteiger partial charge in [-0.05, 0) is 30.0 Å². The molecule has 0 saturated heterocycles. The molecule has 4 heteroatoms. The predicted octanol–water partition coefficient (Wildman–Crippen LogP) is 0.909. The third-order valence-corrected chi connectivity index (χ3v) is 2.61. The number of amides is 1. The molecule has 0 atom stereocenters. The average Bonchev–Trinajstić information content (AvgIpc) is 2.38. The van der Waals surface area contributed by atoms with E-state index in [0.29, 0.717) is 13.0 Å². The minimum absolute atomic E-state index is 0.351. The Morgan fingerprint density at radius 1 is 1.47 bits per heavy atom. The molecule has 0 unspecified atom stereocenters. The predicted molar refractivity (Wildman–Crippen MR) is 66.2 cm³/mol. The zero-order chi connectivity index (χ0) is 12.7. The van der Waals surface area contributed by atoms with Crippen LogP contribution in [-0.4, -0.2) is 31.3 Å². The largest absolute Gasteiger partial charge is 0.496 e. The van der Waals surface area contributed by atoms with Gasteiger partial charge in [-0.1, -0.05) is 19.1 Å². The van der Waals surface area contributed by atoms with Crippen LogP contribution in [0.25, 0.3) is 0 Å². The standard InChI is InChI=1S/C13H19NO3/c1-3-10-4-5-12(17-2)11(8-10)6-7-14-13(16)9-15/h4-5,8,15H,3,6-7,9H2,1-2H3,(H,14,16). The van der Waals surface area contributed by atoms with Gasteiger partial charge in [0.25, 0.3) is 0 Å². The van der Waals surface area contributed by atoms with Crippen LogP contribution in [0.3, 0.4) is 0 Å². The van der Waals surface area contributed by atoms with Gasteiger partial charge in [0.2, 0.25) is 5.91 Å². The number of ether oxygens (including phenoxy) is 1. The Kier molecular flexibility index (Phi) is 5.49. The number of aryl methyl sites for hydroxylation is 1. The zero-order valence-corrected chi connectivity index (χ0v) is 10.3. The molecule has 0 saturated carbocycles. The van der Waals surface area contributed by atoms with Crippen molar-refractivity contribution in [3.05, 3.63) is 29.3 Å². The Labute approximate surface area is 102 Å². The van der Waals surface area contributed by atoms with Gasteiger partial charge in [0.1, 0.15) is 12.4 Å². The molecule has 2 N–H and O–H groups in total. The maximum atomic E-state index is 10.9. The minimum atomic E-state index is -0.466. The van der Waals surface area contributed by atoms with Crippen molar-refractivity contribution in [2.24, 2.45) is 0 Å². The maximum Gasteiger partial charge on any atom is 0.245 e. The molecule has 17 heavy (non-hydrogen) atoms. The van der Waals surface area contributed by atoms with E-state index in [9.17, 15) is 4.79 Å². The van der Waals surface area contributed by atoms with Crippen LogP contribution in [0, 0.1) is 0 Å². The lowest BCUT2D eigenvalue weighted by Crippen LogP contribution is -2.28. The Hall–Kier alpha value is -1.55. The van der Waals surface area contributed by atoms with Crippen LogP contribution in [0.1, 0.15) is 18.1 Å². The third kappa shape index (κ3) is 4.07. The summed E-state index contributed by atoms with van der Waals surface area (Å²) in [6.45, 7) is 2.13. The van der Waals surface area contributed by atoms with Crippen LogP contribution in [0.4, 0.5) is 0 Å². The number of aliphatic hydroxyl groups excluding tert-OH is 1. The third-order valence-electron chi connectivity index (χ3n) is 2.61. The summed E-state index contributed by atoms with van der Waals surface area (Å²) < 4.78 is 5.27. The Bertz CT molecular complexity index is 377. The highest BCUT2D eigenvalue weighted by molar-refractivity contribution is 5.76. The number of nitrogens with one attached hydrogen (secondary N) is 1. The van der Waals surface area contributed by atoms with Gasteiger partial charge < -0.3 is 15.2 Å². The number of rotatable bonds is 6. The second-order valence-corrected chi connectivity index (χ2v) is 3.76. The van der Waals surface area contributed by atoms with E-state index < -0.39 is 6.61 Å². The molecule has 0 heterocycles. The number of carbonyl (C=O) groups excluding carboxylic acids is 1. The van der Waals surface area contributed by atoms with Crippen molar-refractivity contribution in [3.8, 4) is 5.75 Å². The molecule has 0 aliphatic heterocycles. The fraction of sp³-hybridized carbons (Fsp3) is 0.462. The molecule has 0 aliphatic carbocycles. The first-order valence-electron chi connectivity index (χ1n) is 5.74. The summed E-state index contributed by atoms with van der Waals surface area (Å²) in [6.07, 6.45) is 1.67. The molecule has 1 aromatic rings. The van der Waals surface area contributed by atoms with E-state index in [1.54, 1.807) is 7.11 Å². The van der Waals surface area contributed by atoms with Gasteiger partial charge in [-0.3, -0.25) is 4.79 Å². The normalized spacial score (nSPS) is 10.1. The molecular formula is C13H19NO3. The molecule has 0 aromatic heterocycles. The molecule has 0 aliphatic rings. The van der Waals surface area contributed by atoms with Gasteiger partial charge in [0, 0.05) is 6.54 Å². The second kappa shape index (κ2) is 6.91. The summed E-state index contributed by atoms with van der Waals surface area (Å²) in [5.41, 5.74) is 2.32. The molecular weight excluding hydrogens is 218 g/mol. The Balaban J connectivity index is 2.64. The van der Waals surface area contributed by atoms with Crippen LogP contribution in [0.15, 0.2) is 18.2 Å². The SMILES string of the molecule is CCc1ccc(OC)c(CCNC(=O)CO)c1. The number of hydrogen-bond acceptors (Lipinski definition) is 3. The van der Waals surface area contributed by atoms with E-state index in [4.69, 9.17) is 9.84 Å². The van der Waals surface area contributed by atoms with E-state index in [1.165, 1.54) is 5.56 Å². The molecule has 0 bridgehead atoms. The number of carbonyl (C=O) groups is 1. The van der Waals surface area contributed by atoms with Gasteiger partial charge >= 0.3 is 0 Å². The molecule has 0 radical (unpaired) electrons. The smallest absolute Gasteiger partial charge is 0.245 e. The highest BCUT2D eigenvalue weighted by Crippen LogP contribution is 2.20. The average molecular weight is 237 g/mol. The number of benzene rings is 1. The van der Waals surface area contributed by atoms with E-state index in [2.05, 4.69) is 18.3 Å². The van der Waals surface area contributed by atoms with Crippen LogP contribution in [0.2, 0.25) is 0 Å². The second-order valence-electron chi connectivity index (χ2n) is 3.76. The number of methoxy groups -OCH3 is 1. The Morgan fingerprint density at radius 2 is 2.24 bits per heavy atom. The molecule has 1 amide bonds. The molecule has 0 fully saturated rings. The van der Waals surface area contributed by atoms with Crippen molar-refractivity contribution >= 4 is 5.91 Å². The lowest BCUT2D eigenvalue weighted by Gasteiger charge is -2.10. The van der Waals surface area contributed by atoms with E-state index in [-0.39, 0.29) is 5.91 Å². The van der Waals surface area contributed by atoms with Gasteiger partial charge in [-0.2, -0.15) is 0 Å². The minimum Gasteiger partial charge on any atom is -0.496 e. The van der Waals surface area contributed by atoms with Crippen molar-refractivity contribution in [2.45, 2.75) is 19.8 Å². The van der Waals surface area contributed by atoms with Crippen molar-refractivity contribution in [1.82, 2.24) is 5.32 Å². The monoisotopic (exact) mass is 237 g/mol. The first kappa shape index (κ1) is 13.5. The van der Waals surface area contributed by atoms with E-state index >= 15 is 0 Å². The Morgan fingerprint density at radius 3 is 2.82 bits per heavy atom. The van der Waals surface area contributed by atoms with Crippen LogP contribution in [-0.2, 0) is 17.6 Å². The van der Waals surface area contributed by atoms with Crippen molar-refractivity contribution < 1.29 is 14.6 Å². The van der Waals surface area contributed by atoms with Crippen LogP contribution >= 0.6 is 0 Å². The summed E-state index contributed by atoms with van der Waals surface area (Å²) in [5, 5.41) is 11.2. The number of hydrogen-bond donors (Lipinski definition) is 2. The quantitative estimate of drug-likeness (QED) is 0.773. The number of aliphatic hydroxyl groups is 1. The maximum absolute atomic E-state index is 10.9.